The minimum absolute atomic E-state index is 0.143. The number of Topliss-reactive ketones (excluding diaryl/α,β-unsaturated/α-hetero) is 3. The molecule has 4 nitrogen and oxygen atoms in total. The Morgan fingerprint density at radius 2 is 1.59 bits per heavy atom. The average Bonchev–Trinajstić information content (AvgIpc) is 3.27. The Kier molecular flexibility index (Phi) is 4.31. The number of benzene rings is 3. The third-order valence-electron chi connectivity index (χ3n) is 7.61. The summed E-state index contributed by atoms with van der Waals surface area (Å²) >= 11 is 0. The summed E-state index contributed by atoms with van der Waals surface area (Å²) in [5, 5.41) is 0. The van der Waals surface area contributed by atoms with Crippen molar-refractivity contribution in [1.82, 2.24) is 0 Å². The normalized spacial score (nSPS) is 23.7. The van der Waals surface area contributed by atoms with Gasteiger partial charge in [0.25, 0.3) is 0 Å². The fraction of sp³-hybridized carbons (Fsp3) is 0.207. The Balaban J connectivity index is 1.69. The van der Waals surface area contributed by atoms with Crippen molar-refractivity contribution in [2.75, 3.05) is 4.90 Å². The molecule has 3 aromatic carbocycles. The average molecular weight is 451 g/mol. The molecule has 168 valence electrons. The fourth-order valence-corrected chi connectivity index (χ4v) is 6.27. The molecule has 1 unspecified atom stereocenters. The summed E-state index contributed by atoms with van der Waals surface area (Å²) in [5.41, 5.74) is 2.62. The first-order valence-corrected chi connectivity index (χ1v) is 11.4. The molecule has 0 N–H and O–H groups in total. The van der Waals surface area contributed by atoms with Gasteiger partial charge in [-0.1, -0.05) is 60.7 Å². The Bertz CT molecular complexity index is 1390. The van der Waals surface area contributed by atoms with E-state index < -0.39 is 29.2 Å². The van der Waals surface area contributed by atoms with Crippen molar-refractivity contribution in [3.8, 4) is 0 Å². The van der Waals surface area contributed by atoms with E-state index in [1.165, 1.54) is 19.1 Å². The number of halogens is 1. The number of anilines is 1. The molecule has 1 aliphatic carbocycles. The summed E-state index contributed by atoms with van der Waals surface area (Å²) in [6.07, 6.45) is 3.82. The summed E-state index contributed by atoms with van der Waals surface area (Å²) in [5.74, 6) is -1.88. The van der Waals surface area contributed by atoms with Crippen molar-refractivity contribution in [3.63, 3.8) is 0 Å². The quantitative estimate of drug-likeness (QED) is 0.506. The van der Waals surface area contributed by atoms with Crippen molar-refractivity contribution in [2.24, 2.45) is 5.41 Å². The van der Waals surface area contributed by atoms with Gasteiger partial charge in [-0.25, -0.2) is 4.39 Å². The second kappa shape index (κ2) is 7.07. The number of carbonyl (C=O) groups excluding carboxylic acids is 3. The van der Waals surface area contributed by atoms with Crippen LogP contribution >= 0.6 is 0 Å². The maximum atomic E-state index is 14.2. The van der Waals surface area contributed by atoms with Crippen LogP contribution < -0.4 is 4.90 Å². The van der Waals surface area contributed by atoms with Crippen LogP contribution in [-0.2, 0) is 4.79 Å². The molecule has 3 aliphatic rings. The second-order valence-corrected chi connectivity index (χ2v) is 9.43. The lowest BCUT2D eigenvalue weighted by atomic mass is 9.64. The van der Waals surface area contributed by atoms with Gasteiger partial charge in [-0.2, -0.15) is 0 Å². The SMILES string of the molecule is CC(=O)[C@H]1[C@H](c2ccc(F)cc2)C2(C(=O)c3ccccc3C2=O)C2C=Cc3ccc(C)cc3N21. The molecule has 2 aliphatic heterocycles. The van der Waals surface area contributed by atoms with Crippen LogP contribution in [0.1, 0.15) is 50.2 Å². The van der Waals surface area contributed by atoms with Gasteiger partial charge in [-0.15, -0.1) is 0 Å². The predicted octanol–water partition coefficient (Wildman–Crippen LogP) is 5.16. The topological polar surface area (TPSA) is 54.5 Å². The molecular formula is C29H22FNO3. The number of hydrogen-bond donors (Lipinski definition) is 0. The molecule has 0 radical (unpaired) electrons. The van der Waals surface area contributed by atoms with E-state index in [4.69, 9.17) is 0 Å². The van der Waals surface area contributed by atoms with Gasteiger partial charge in [-0.05, 0) is 48.7 Å². The maximum Gasteiger partial charge on any atom is 0.180 e. The first kappa shape index (κ1) is 20.7. The monoisotopic (exact) mass is 451 g/mol. The van der Waals surface area contributed by atoms with E-state index in [0.29, 0.717) is 16.7 Å². The van der Waals surface area contributed by atoms with Crippen molar-refractivity contribution in [2.45, 2.75) is 31.8 Å². The summed E-state index contributed by atoms with van der Waals surface area (Å²) in [6.45, 7) is 3.48. The van der Waals surface area contributed by atoms with Crippen molar-refractivity contribution >= 4 is 29.1 Å². The molecule has 34 heavy (non-hydrogen) atoms. The highest BCUT2D eigenvalue weighted by molar-refractivity contribution is 6.32. The highest BCUT2D eigenvalue weighted by atomic mass is 19.1. The molecule has 5 heteroatoms. The Labute approximate surface area is 196 Å². The molecule has 6 rings (SSSR count). The van der Waals surface area contributed by atoms with Crippen LogP contribution in [0.25, 0.3) is 6.08 Å². The molecule has 3 atom stereocenters. The number of fused-ring (bicyclic) bond motifs is 5. The van der Waals surface area contributed by atoms with Crippen LogP contribution in [0.3, 0.4) is 0 Å². The Hall–Kier alpha value is -3.86. The zero-order valence-corrected chi connectivity index (χ0v) is 18.8. The third-order valence-corrected chi connectivity index (χ3v) is 7.61. The minimum Gasteiger partial charge on any atom is -0.352 e. The summed E-state index contributed by atoms with van der Waals surface area (Å²) in [6, 6.07) is 17.3. The van der Waals surface area contributed by atoms with E-state index >= 15 is 0 Å². The highest BCUT2D eigenvalue weighted by Gasteiger charge is 2.71. The van der Waals surface area contributed by atoms with Crippen molar-refractivity contribution in [1.29, 1.82) is 0 Å². The van der Waals surface area contributed by atoms with E-state index in [1.807, 2.05) is 42.2 Å². The number of carbonyl (C=O) groups is 3. The second-order valence-electron chi connectivity index (χ2n) is 9.43. The third kappa shape index (κ3) is 2.50. The van der Waals surface area contributed by atoms with Gasteiger partial charge in [-0.3, -0.25) is 14.4 Å². The first-order chi connectivity index (χ1) is 16.4. The van der Waals surface area contributed by atoms with E-state index in [-0.39, 0.29) is 17.3 Å². The number of ketones is 3. The lowest BCUT2D eigenvalue weighted by Gasteiger charge is -2.37. The van der Waals surface area contributed by atoms with Gasteiger partial charge >= 0.3 is 0 Å². The van der Waals surface area contributed by atoms with Gasteiger partial charge in [0.05, 0.1) is 12.1 Å². The van der Waals surface area contributed by atoms with E-state index in [0.717, 1.165) is 16.8 Å². The van der Waals surface area contributed by atoms with Crippen molar-refractivity contribution in [3.05, 3.63) is 106 Å². The molecule has 1 spiro atoms. The van der Waals surface area contributed by atoms with Gasteiger partial charge in [0.1, 0.15) is 11.2 Å². The van der Waals surface area contributed by atoms with Crippen LogP contribution in [0.2, 0.25) is 0 Å². The summed E-state index contributed by atoms with van der Waals surface area (Å²) in [7, 11) is 0. The van der Waals surface area contributed by atoms with Crippen LogP contribution in [-0.4, -0.2) is 29.4 Å². The van der Waals surface area contributed by atoms with Crippen LogP contribution in [0.15, 0.2) is 72.8 Å². The first-order valence-electron chi connectivity index (χ1n) is 11.4. The highest BCUT2D eigenvalue weighted by Crippen LogP contribution is 2.60. The number of rotatable bonds is 2. The number of hydrogen-bond acceptors (Lipinski definition) is 4. The molecule has 0 saturated carbocycles. The maximum absolute atomic E-state index is 14.2. The number of aryl methyl sites for hydroxylation is 1. The molecule has 1 fully saturated rings. The molecule has 0 amide bonds. The number of nitrogens with zero attached hydrogens (tertiary/aromatic N) is 1. The van der Waals surface area contributed by atoms with E-state index in [1.54, 1.807) is 36.4 Å². The predicted molar refractivity (Wildman–Crippen MR) is 128 cm³/mol. The van der Waals surface area contributed by atoms with Gasteiger partial charge < -0.3 is 4.90 Å². The molecule has 3 aromatic rings. The fourth-order valence-electron chi connectivity index (χ4n) is 6.27. The lowest BCUT2D eigenvalue weighted by molar-refractivity contribution is -0.118. The molecule has 0 aromatic heterocycles. The molecular weight excluding hydrogens is 429 g/mol. The van der Waals surface area contributed by atoms with E-state index in [2.05, 4.69) is 0 Å². The molecule has 1 saturated heterocycles. The smallest absolute Gasteiger partial charge is 0.180 e. The zero-order valence-electron chi connectivity index (χ0n) is 18.8. The Morgan fingerprint density at radius 3 is 2.21 bits per heavy atom. The van der Waals surface area contributed by atoms with Gasteiger partial charge in [0.2, 0.25) is 0 Å². The zero-order chi connectivity index (χ0) is 23.8. The van der Waals surface area contributed by atoms with Crippen molar-refractivity contribution < 1.29 is 18.8 Å². The largest absolute Gasteiger partial charge is 0.352 e. The summed E-state index contributed by atoms with van der Waals surface area (Å²) < 4.78 is 13.9. The summed E-state index contributed by atoms with van der Waals surface area (Å²) in [4.78, 5) is 43.7. The van der Waals surface area contributed by atoms with Crippen LogP contribution in [0.5, 0.6) is 0 Å². The van der Waals surface area contributed by atoms with Gasteiger partial charge in [0.15, 0.2) is 17.3 Å². The minimum atomic E-state index is -1.52. The van der Waals surface area contributed by atoms with Crippen LogP contribution in [0.4, 0.5) is 10.1 Å². The lowest BCUT2D eigenvalue weighted by Crippen LogP contribution is -2.48. The standard InChI is InChI=1S/C29H22FNO3/c1-16-7-8-18-11-14-24-29(27(33)21-5-3-4-6-22(21)28(29)34)25(19-9-12-20(30)13-10-19)26(17(2)32)31(24)23(18)15-16/h3-15,24-26H,1-2H3/t24?,25-,26-/m0/s1. The Morgan fingerprint density at radius 1 is 0.941 bits per heavy atom. The molecule has 2 heterocycles. The van der Waals surface area contributed by atoms with Crippen LogP contribution in [0, 0.1) is 18.2 Å². The van der Waals surface area contributed by atoms with Gasteiger partial charge in [0, 0.05) is 22.7 Å². The van der Waals surface area contributed by atoms with E-state index in [9.17, 15) is 18.8 Å². The molecule has 0 bridgehead atoms.